The Morgan fingerprint density at radius 1 is 1.22 bits per heavy atom. The molecule has 0 fully saturated rings. The molecule has 1 N–H and O–H groups in total. The fraction of sp³-hybridized carbons (Fsp3) is 0.467. The molecule has 1 amide bonds. The predicted molar refractivity (Wildman–Crippen MR) is 84.6 cm³/mol. The van der Waals surface area contributed by atoms with E-state index < -0.39 is 16.8 Å². The Morgan fingerprint density at radius 3 is 2.35 bits per heavy atom. The lowest BCUT2D eigenvalue weighted by molar-refractivity contribution is -0.384. The highest BCUT2D eigenvalue weighted by atomic mass is 16.6. The normalized spacial score (nSPS) is 10.4. The van der Waals surface area contributed by atoms with Crippen LogP contribution in [-0.4, -0.2) is 55.0 Å². The van der Waals surface area contributed by atoms with E-state index in [2.05, 4.69) is 15.0 Å². The van der Waals surface area contributed by atoms with Crippen molar-refractivity contribution in [2.75, 3.05) is 33.3 Å². The molecule has 0 aliphatic carbocycles. The van der Waals surface area contributed by atoms with Gasteiger partial charge in [0.2, 0.25) is 0 Å². The van der Waals surface area contributed by atoms with Gasteiger partial charge < -0.3 is 15.0 Å². The summed E-state index contributed by atoms with van der Waals surface area (Å²) < 4.78 is 4.55. The number of nitrogens with one attached hydrogen (secondary N) is 1. The third-order valence-corrected chi connectivity index (χ3v) is 3.42. The van der Waals surface area contributed by atoms with Crippen LogP contribution in [-0.2, 0) is 4.74 Å². The van der Waals surface area contributed by atoms with Gasteiger partial charge in [0.1, 0.15) is 0 Å². The molecule has 0 unspecified atom stereocenters. The first-order valence-corrected chi connectivity index (χ1v) is 7.31. The summed E-state index contributed by atoms with van der Waals surface area (Å²) in [6, 6.07) is 3.50. The van der Waals surface area contributed by atoms with E-state index in [-0.39, 0.29) is 16.8 Å². The summed E-state index contributed by atoms with van der Waals surface area (Å²) >= 11 is 0. The van der Waals surface area contributed by atoms with Gasteiger partial charge in [0.05, 0.1) is 17.6 Å². The molecule has 0 aromatic heterocycles. The monoisotopic (exact) mass is 323 g/mol. The van der Waals surface area contributed by atoms with Gasteiger partial charge in [-0.2, -0.15) is 0 Å². The van der Waals surface area contributed by atoms with Crippen LogP contribution >= 0.6 is 0 Å². The lowest BCUT2D eigenvalue weighted by Crippen LogP contribution is -2.34. The molecule has 1 aromatic rings. The number of carbonyl (C=O) groups excluding carboxylic acids is 2. The van der Waals surface area contributed by atoms with E-state index in [4.69, 9.17) is 0 Å². The number of nitrogens with zero attached hydrogens (tertiary/aromatic N) is 2. The Morgan fingerprint density at radius 2 is 1.83 bits per heavy atom. The fourth-order valence-corrected chi connectivity index (χ4v) is 2.05. The highest BCUT2D eigenvalue weighted by molar-refractivity contribution is 5.98. The molecule has 0 radical (unpaired) electrons. The minimum Gasteiger partial charge on any atom is -0.465 e. The zero-order valence-corrected chi connectivity index (χ0v) is 13.5. The van der Waals surface area contributed by atoms with E-state index in [9.17, 15) is 19.7 Å². The number of methoxy groups -OCH3 is 1. The Labute approximate surface area is 134 Å². The maximum atomic E-state index is 12.1. The smallest absolute Gasteiger partial charge is 0.338 e. The number of non-ortho nitro benzene ring substituents is 1. The number of carbonyl (C=O) groups is 2. The van der Waals surface area contributed by atoms with Crippen LogP contribution in [0.3, 0.4) is 0 Å². The molecule has 0 atom stereocenters. The summed E-state index contributed by atoms with van der Waals surface area (Å²) in [5.74, 6) is -1.20. The average Bonchev–Trinajstić information content (AvgIpc) is 2.57. The molecule has 126 valence electrons. The van der Waals surface area contributed by atoms with Crippen molar-refractivity contribution >= 4 is 17.6 Å². The number of rotatable bonds is 8. The van der Waals surface area contributed by atoms with Crippen LogP contribution in [0.4, 0.5) is 5.69 Å². The first-order chi connectivity index (χ1) is 10.9. The van der Waals surface area contributed by atoms with Crippen LogP contribution in [0.25, 0.3) is 0 Å². The van der Waals surface area contributed by atoms with Gasteiger partial charge in [-0.25, -0.2) is 4.79 Å². The van der Waals surface area contributed by atoms with Crippen molar-refractivity contribution in [1.29, 1.82) is 0 Å². The van der Waals surface area contributed by atoms with Gasteiger partial charge in [-0.15, -0.1) is 0 Å². The van der Waals surface area contributed by atoms with E-state index in [1.807, 2.05) is 13.8 Å². The number of hydrogen-bond donors (Lipinski definition) is 1. The van der Waals surface area contributed by atoms with Gasteiger partial charge in [-0.05, 0) is 19.2 Å². The van der Waals surface area contributed by atoms with E-state index in [0.29, 0.717) is 13.1 Å². The molecule has 23 heavy (non-hydrogen) atoms. The van der Waals surface area contributed by atoms with Crippen molar-refractivity contribution in [1.82, 2.24) is 10.2 Å². The third-order valence-electron chi connectivity index (χ3n) is 3.42. The van der Waals surface area contributed by atoms with Crippen LogP contribution in [0.1, 0.15) is 34.6 Å². The largest absolute Gasteiger partial charge is 0.465 e. The van der Waals surface area contributed by atoms with Gasteiger partial charge in [0, 0.05) is 30.8 Å². The van der Waals surface area contributed by atoms with Gasteiger partial charge in [0.15, 0.2) is 0 Å². The van der Waals surface area contributed by atoms with Crippen LogP contribution in [0.2, 0.25) is 0 Å². The summed E-state index contributed by atoms with van der Waals surface area (Å²) in [5, 5.41) is 13.6. The second-order valence-electron chi connectivity index (χ2n) is 4.80. The summed E-state index contributed by atoms with van der Waals surface area (Å²) in [6.45, 7) is 6.88. The number of nitro benzene ring substituents is 1. The quantitative estimate of drug-likeness (QED) is 0.441. The molecule has 0 saturated carbocycles. The van der Waals surface area contributed by atoms with Crippen LogP contribution in [0.5, 0.6) is 0 Å². The molecule has 0 heterocycles. The Bertz CT molecular complexity index is 584. The molecule has 8 nitrogen and oxygen atoms in total. The van der Waals surface area contributed by atoms with Crippen molar-refractivity contribution in [3.8, 4) is 0 Å². The molecular formula is C15H21N3O5. The lowest BCUT2D eigenvalue weighted by Gasteiger charge is -2.18. The summed E-state index contributed by atoms with van der Waals surface area (Å²) in [6.07, 6.45) is 0. The average molecular weight is 323 g/mol. The number of benzene rings is 1. The first-order valence-electron chi connectivity index (χ1n) is 7.31. The number of esters is 1. The van der Waals surface area contributed by atoms with E-state index >= 15 is 0 Å². The summed E-state index contributed by atoms with van der Waals surface area (Å²) in [4.78, 5) is 36.1. The molecule has 0 bridgehead atoms. The third kappa shape index (κ3) is 5.33. The molecule has 0 saturated heterocycles. The highest BCUT2D eigenvalue weighted by Crippen LogP contribution is 2.18. The van der Waals surface area contributed by atoms with Gasteiger partial charge >= 0.3 is 5.97 Å². The molecular weight excluding hydrogens is 302 g/mol. The number of hydrogen-bond acceptors (Lipinski definition) is 6. The van der Waals surface area contributed by atoms with Crippen molar-refractivity contribution in [3.05, 3.63) is 39.4 Å². The summed E-state index contributed by atoms with van der Waals surface area (Å²) in [5.41, 5.74) is -0.309. The van der Waals surface area contributed by atoms with Crippen LogP contribution < -0.4 is 5.32 Å². The van der Waals surface area contributed by atoms with Gasteiger partial charge in [-0.1, -0.05) is 13.8 Å². The zero-order chi connectivity index (χ0) is 17.4. The minimum atomic E-state index is -0.731. The molecule has 0 aliphatic rings. The Balaban J connectivity index is 2.88. The standard InChI is InChI=1S/C15H21N3O5/c1-4-17(5-2)7-6-16-14(19)11-8-12(15(20)23-3)10-13(9-11)18(21)22/h8-10H,4-7H2,1-3H3,(H,16,19). The summed E-state index contributed by atoms with van der Waals surface area (Å²) in [7, 11) is 1.17. The van der Waals surface area contributed by atoms with Crippen LogP contribution in [0, 0.1) is 10.1 Å². The fourth-order valence-electron chi connectivity index (χ4n) is 2.05. The predicted octanol–water partition coefficient (Wildman–Crippen LogP) is 1.45. The SMILES string of the molecule is CCN(CC)CCNC(=O)c1cc(C(=O)OC)cc([N+](=O)[O-])c1. The number of ether oxygens (including phenoxy) is 1. The second-order valence-corrected chi connectivity index (χ2v) is 4.80. The van der Waals surface area contributed by atoms with E-state index in [0.717, 1.165) is 25.2 Å². The number of amides is 1. The Kier molecular flexibility index (Phi) is 7.14. The molecule has 1 rings (SSSR count). The van der Waals surface area contributed by atoms with Crippen molar-refractivity contribution < 1.29 is 19.2 Å². The maximum Gasteiger partial charge on any atom is 0.338 e. The lowest BCUT2D eigenvalue weighted by atomic mass is 10.1. The minimum absolute atomic E-state index is 0.0319. The Hall–Kier alpha value is -2.48. The first kappa shape index (κ1) is 18.6. The molecule has 0 aliphatic heterocycles. The molecule has 1 aromatic carbocycles. The number of nitro groups is 1. The number of likely N-dealkylation sites (N-methyl/N-ethyl adjacent to an activating group) is 1. The second kappa shape index (κ2) is 8.84. The highest BCUT2D eigenvalue weighted by Gasteiger charge is 2.18. The zero-order valence-electron chi connectivity index (χ0n) is 13.5. The van der Waals surface area contributed by atoms with Crippen molar-refractivity contribution in [3.63, 3.8) is 0 Å². The van der Waals surface area contributed by atoms with E-state index in [1.54, 1.807) is 0 Å². The van der Waals surface area contributed by atoms with Gasteiger partial charge in [0.25, 0.3) is 11.6 Å². The topological polar surface area (TPSA) is 102 Å². The maximum absolute atomic E-state index is 12.1. The van der Waals surface area contributed by atoms with Gasteiger partial charge in [-0.3, -0.25) is 14.9 Å². The van der Waals surface area contributed by atoms with E-state index in [1.165, 1.54) is 13.2 Å². The molecule has 0 spiro atoms. The van der Waals surface area contributed by atoms with Crippen molar-refractivity contribution in [2.24, 2.45) is 0 Å². The van der Waals surface area contributed by atoms with Crippen molar-refractivity contribution in [2.45, 2.75) is 13.8 Å². The molecule has 8 heteroatoms. The van der Waals surface area contributed by atoms with Crippen LogP contribution in [0.15, 0.2) is 18.2 Å².